The molecule has 0 saturated heterocycles. The zero-order chi connectivity index (χ0) is 26.7. The van der Waals surface area contributed by atoms with E-state index in [9.17, 15) is 18.0 Å². The predicted octanol–water partition coefficient (Wildman–Crippen LogP) is 3.56. The molecule has 9 nitrogen and oxygen atoms in total. The summed E-state index contributed by atoms with van der Waals surface area (Å²) in [5.41, 5.74) is 0.461. The predicted molar refractivity (Wildman–Crippen MR) is 139 cm³/mol. The molecule has 0 aromatic heterocycles. The second-order valence-electron chi connectivity index (χ2n) is 9.51. The lowest BCUT2D eigenvalue weighted by molar-refractivity contribution is -0.140. The number of hydrogen-bond acceptors (Lipinski definition) is 6. The Labute approximate surface area is 217 Å². The summed E-state index contributed by atoms with van der Waals surface area (Å²) < 4.78 is 37.8. The number of hydrogen-bond donors (Lipinski definition) is 1. The van der Waals surface area contributed by atoms with E-state index in [0.29, 0.717) is 22.1 Å². The van der Waals surface area contributed by atoms with Crippen molar-refractivity contribution in [1.29, 1.82) is 0 Å². The van der Waals surface area contributed by atoms with Crippen LogP contribution in [0.3, 0.4) is 0 Å². The Hall–Kier alpha value is -2.98. The number of fused-ring (bicyclic) bond motifs is 1. The summed E-state index contributed by atoms with van der Waals surface area (Å²) in [4.78, 5) is 28.0. The highest BCUT2D eigenvalue weighted by Gasteiger charge is 2.32. The molecule has 2 aromatic carbocycles. The molecule has 0 radical (unpaired) electrons. The molecule has 1 N–H and O–H groups in total. The fourth-order valence-corrected chi connectivity index (χ4v) is 4.92. The van der Waals surface area contributed by atoms with Crippen molar-refractivity contribution in [1.82, 2.24) is 10.2 Å². The summed E-state index contributed by atoms with van der Waals surface area (Å²) in [5.74, 6) is -0.227. The molecular weight excluding hydrogens is 506 g/mol. The highest BCUT2D eigenvalue weighted by molar-refractivity contribution is 7.92. The van der Waals surface area contributed by atoms with Gasteiger partial charge in [-0.3, -0.25) is 13.9 Å². The van der Waals surface area contributed by atoms with Crippen molar-refractivity contribution < 1.29 is 27.5 Å². The average Bonchev–Trinajstić information content (AvgIpc) is 3.27. The summed E-state index contributed by atoms with van der Waals surface area (Å²) in [5, 5.41) is 3.37. The van der Waals surface area contributed by atoms with Gasteiger partial charge in [0.15, 0.2) is 11.5 Å². The van der Waals surface area contributed by atoms with Gasteiger partial charge in [-0.15, -0.1) is 0 Å². The van der Waals surface area contributed by atoms with Gasteiger partial charge in [-0.2, -0.15) is 0 Å². The standard InChI is InChI=1S/C25H32ClN3O6S/c1-6-36(32,33)29(20-10-11-21-22(13-20)35-16-34-21)15-23(30)28(14-18-8-7-9-19(26)12-18)17(2)24(31)27-25(3,4)5/h7-13,17H,6,14-16H2,1-5H3,(H,27,31)/t17-/m1/s1. The number of nitrogens with one attached hydrogen (secondary N) is 1. The Balaban J connectivity index is 1.95. The first kappa shape index (κ1) is 27.6. The van der Waals surface area contributed by atoms with Crippen LogP contribution in [-0.4, -0.2) is 55.8 Å². The minimum atomic E-state index is -3.85. The van der Waals surface area contributed by atoms with E-state index >= 15 is 0 Å². The van der Waals surface area contributed by atoms with E-state index in [1.54, 1.807) is 43.3 Å². The van der Waals surface area contributed by atoms with Crippen LogP contribution in [0.2, 0.25) is 5.02 Å². The van der Waals surface area contributed by atoms with Crippen LogP contribution in [0.25, 0.3) is 0 Å². The number of carbonyl (C=O) groups is 2. The number of anilines is 1. The van der Waals surface area contributed by atoms with E-state index in [4.69, 9.17) is 21.1 Å². The largest absolute Gasteiger partial charge is 0.454 e. The van der Waals surface area contributed by atoms with Crippen molar-refractivity contribution >= 4 is 39.1 Å². The minimum Gasteiger partial charge on any atom is -0.454 e. The van der Waals surface area contributed by atoms with Crippen molar-refractivity contribution in [3.05, 3.63) is 53.1 Å². The molecule has 2 aromatic rings. The maximum absolute atomic E-state index is 13.7. The van der Waals surface area contributed by atoms with E-state index in [0.717, 1.165) is 4.31 Å². The van der Waals surface area contributed by atoms with Crippen LogP contribution < -0.4 is 19.1 Å². The molecule has 1 atom stereocenters. The van der Waals surface area contributed by atoms with Gasteiger partial charge in [0.25, 0.3) is 0 Å². The molecule has 1 aliphatic rings. The van der Waals surface area contributed by atoms with Gasteiger partial charge in [0.2, 0.25) is 28.6 Å². The Bertz CT molecular complexity index is 1230. The quantitative estimate of drug-likeness (QED) is 0.524. The SMILES string of the molecule is CCS(=O)(=O)N(CC(=O)N(Cc1cccc(Cl)c1)[C@H](C)C(=O)NC(C)(C)C)c1ccc2c(c1)OCO2. The van der Waals surface area contributed by atoms with Crippen LogP contribution >= 0.6 is 11.6 Å². The molecule has 36 heavy (non-hydrogen) atoms. The van der Waals surface area contributed by atoms with Crippen molar-refractivity contribution in [3.8, 4) is 11.5 Å². The van der Waals surface area contributed by atoms with E-state index in [-0.39, 0.29) is 30.7 Å². The van der Waals surface area contributed by atoms with Crippen LogP contribution in [0.1, 0.15) is 40.2 Å². The zero-order valence-electron chi connectivity index (χ0n) is 21.1. The molecule has 3 rings (SSSR count). The molecule has 2 amide bonds. The van der Waals surface area contributed by atoms with Gasteiger partial charge in [0.05, 0.1) is 11.4 Å². The number of halogens is 1. The minimum absolute atomic E-state index is 0.0338. The lowest BCUT2D eigenvalue weighted by Gasteiger charge is -2.33. The van der Waals surface area contributed by atoms with Crippen LogP contribution in [0, 0.1) is 0 Å². The van der Waals surface area contributed by atoms with Gasteiger partial charge in [-0.25, -0.2) is 8.42 Å². The number of benzene rings is 2. The van der Waals surface area contributed by atoms with Crippen molar-refractivity contribution in [2.45, 2.75) is 52.7 Å². The maximum Gasteiger partial charge on any atom is 0.244 e. The van der Waals surface area contributed by atoms with Gasteiger partial charge < -0.3 is 19.7 Å². The first-order valence-electron chi connectivity index (χ1n) is 11.6. The molecule has 1 heterocycles. The molecule has 1 aliphatic heterocycles. The van der Waals surface area contributed by atoms with Crippen LogP contribution in [0.15, 0.2) is 42.5 Å². The lowest BCUT2D eigenvalue weighted by atomic mass is 10.1. The van der Waals surface area contributed by atoms with Gasteiger partial charge in [-0.05, 0) is 64.4 Å². The monoisotopic (exact) mass is 537 g/mol. The van der Waals surface area contributed by atoms with Gasteiger partial charge in [0, 0.05) is 23.2 Å². The van der Waals surface area contributed by atoms with Gasteiger partial charge in [0.1, 0.15) is 12.6 Å². The summed E-state index contributed by atoms with van der Waals surface area (Å²) in [6, 6.07) is 10.8. The highest BCUT2D eigenvalue weighted by Crippen LogP contribution is 2.36. The number of nitrogens with zero attached hydrogens (tertiary/aromatic N) is 2. The molecular formula is C25H32ClN3O6S. The molecule has 0 spiro atoms. The fourth-order valence-electron chi connectivity index (χ4n) is 3.65. The van der Waals surface area contributed by atoms with Crippen molar-refractivity contribution in [2.24, 2.45) is 0 Å². The summed E-state index contributed by atoms with van der Waals surface area (Å²) >= 11 is 6.13. The molecule has 0 saturated carbocycles. The summed E-state index contributed by atoms with van der Waals surface area (Å²) in [6.45, 7) is 8.25. The number of carbonyl (C=O) groups excluding carboxylic acids is 2. The first-order valence-corrected chi connectivity index (χ1v) is 13.6. The van der Waals surface area contributed by atoms with Crippen LogP contribution in [-0.2, 0) is 26.2 Å². The molecule has 0 unspecified atom stereocenters. The second-order valence-corrected chi connectivity index (χ2v) is 12.1. The third-order valence-corrected chi connectivity index (χ3v) is 7.51. The highest BCUT2D eigenvalue weighted by atomic mass is 35.5. The Kier molecular flexibility index (Phi) is 8.40. The van der Waals surface area contributed by atoms with Crippen molar-refractivity contribution in [3.63, 3.8) is 0 Å². The molecule has 196 valence electrons. The normalized spacial score (nSPS) is 13.7. The Morgan fingerprint density at radius 2 is 1.81 bits per heavy atom. The van der Waals surface area contributed by atoms with Crippen molar-refractivity contribution in [2.75, 3.05) is 23.4 Å². The number of ether oxygens (including phenoxy) is 2. The molecule has 11 heteroatoms. The zero-order valence-corrected chi connectivity index (χ0v) is 22.6. The number of amides is 2. The fraction of sp³-hybridized carbons (Fsp3) is 0.440. The third-order valence-electron chi connectivity index (χ3n) is 5.53. The smallest absolute Gasteiger partial charge is 0.244 e. The summed E-state index contributed by atoms with van der Waals surface area (Å²) in [7, 11) is -3.85. The first-order chi connectivity index (χ1) is 16.8. The lowest BCUT2D eigenvalue weighted by Crippen LogP contribution is -2.54. The molecule has 0 bridgehead atoms. The third kappa shape index (κ3) is 6.82. The van der Waals surface area contributed by atoms with Crippen LogP contribution in [0.5, 0.6) is 11.5 Å². The Morgan fingerprint density at radius 1 is 1.11 bits per heavy atom. The molecule has 0 aliphatic carbocycles. The second kappa shape index (κ2) is 11.0. The molecule has 0 fully saturated rings. The Morgan fingerprint density at radius 3 is 2.44 bits per heavy atom. The van der Waals surface area contributed by atoms with E-state index in [1.165, 1.54) is 17.9 Å². The van der Waals surface area contributed by atoms with Gasteiger partial charge in [-0.1, -0.05) is 23.7 Å². The summed E-state index contributed by atoms with van der Waals surface area (Å²) in [6.07, 6.45) is 0. The van der Waals surface area contributed by atoms with Crippen LogP contribution in [0.4, 0.5) is 5.69 Å². The number of rotatable bonds is 9. The maximum atomic E-state index is 13.7. The number of sulfonamides is 1. The van der Waals surface area contributed by atoms with Gasteiger partial charge >= 0.3 is 0 Å². The average molecular weight is 538 g/mol. The van der Waals surface area contributed by atoms with E-state index in [1.807, 2.05) is 20.8 Å². The van der Waals surface area contributed by atoms with E-state index in [2.05, 4.69) is 5.32 Å². The topological polar surface area (TPSA) is 105 Å². The van der Waals surface area contributed by atoms with E-state index < -0.39 is 34.1 Å².